The monoisotopic (exact) mass is 436 g/mol. The van der Waals surface area contributed by atoms with Gasteiger partial charge < -0.3 is 5.32 Å². The summed E-state index contributed by atoms with van der Waals surface area (Å²) in [6.07, 6.45) is 1.25. The van der Waals surface area contributed by atoms with Crippen LogP contribution in [-0.2, 0) is 16.0 Å². The molecule has 2 aromatic rings. The lowest BCUT2D eigenvalue weighted by molar-refractivity contribution is -0.124. The van der Waals surface area contributed by atoms with Crippen molar-refractivity contribution in [1.82, 2.24) is 10.2 Å². The number of halogens is 3. The highest BCUT2D eigenvalue weighted by molar-refractivity contribution is 8.18. The van der Waals surface area contributed by atoms with Crippen molar-refractivity contribution in [2.75, 3.05) is 13.1 Å². The standard InChI is InChI=1S/C20H15ClF2N2O3S/c21-15-2-1-3-16(23)14(15)11-18(26)24-8-9-25-19(27)17(29-20(25)28)10-12-4-6-13(22)7-5-12/h1-7,10H,8-9,11H2,(H,24,26)/b17-10-. The van der Waals surface area contributed by atoms with Crippen LogP contribution in [0.15, 0.2) is 47.4 Å². The number of benzene rings is 2. The van der Waals surface area contributed by atoms with Gasteiger partial charge in [0.1, 0.15) is 11.6 Å². The van der Waals surface area contributed by atoms with Crippen LogP contribution < -0.4 is 5.32 Å². The van der Waals surface area contributed by atoms with E-state index in [0.29, 0.717) is 5.56 Å². The average molecular weight is 437 g/mol. The molecular weight excluding hydrogens is 422 g/mol. The van der Waals surface area contributed by atoms with Crippen LogP contribution in [0.1, 0.15) is 11.1 Å². The summed E-state index contributed by atoms with van der Waals surface area (Å²) in [5.74, 6) is -1.95. The number of nitrogens with zero attached hydrogens (tertiary/aromatic N) is 1. The third-order valence-corrected chi connectivity index (χ3v) is 5.36. The number of hydrogen-bond donors (Lipinski definition) is 1. The molecule has 29 heavy (non-hydrogen) atoms. The van der Waals surface area contributed by atoms with Crippen molar-refractivity contribution in [1.29, 1.82) is 0 Å². The van der Waals surface area contributed by atoms with E-state index in [0.717, 1.165) is 16.7 Å². The molecule has 5 nitrogen and oxygen atoms in total. The zero-order valence-electron chi connectivity index (χ0n) is 15.0. The molecule has 0 unspecified atom stereocenters. The molecule has 0 bridgehead atoms. The normalized spacial score (nSPS) is 15.3. The van der Waals surface area contributed by atoms with Gasteiger partial charge >= 0.3 is 0 Å². The molecule has 1 N–H and O–H groups in total. The molecule has 0 atom stereocenters. The van der Waals surface area contributed by atoms with E-state index in [1.807, 2.05) is 0 Å². The van der Waals surface area contributed by atoms with Gasteiger partial charge in [0.25, 0.3) is 11.1 Å². The van der Waals surface area contributed by atoms with E-state index >= 15 is 0 Å². The van der Waals surface area contributed by atoms with Gasteiger partial charge in [-0.05, 0) is 47.7 Å². The van der Waals surface area contributed by atoms with Crippen LogP contribution in [0, 0.1) is 11.6 Å². The summed E-state index contributed by atoms with van der Waals surface area (Å²) in [5.41, 5.74) is 0.673. The number of carbonyl (C=O) groups excluding carboxylic acids is 3. The SMILES string of the molecule is O=C(Cc1c(F)cccc1Cl)NCCN1C(=O)S/C(=C\c2ccc(F)cc2)C1=O. The van der Waals surface area contributed by atoms with Gasteiger partial charge in [-0.2, -0.15) is 0 Å². The van der Waals surface area contributed by atoms with E-state index in [1.54, 1.807) is 0 Å². The molecule has 1 saturated heterocycles. The summed E-state index contributed by atoms with van der Waals surface area (Å²) < 4.78 is 26.7. The van der Waals surface area contributed by atoms with Gasteiger partial charge in [-0.15, -0.1) is 0 Å². The minimum absolute atomic E-state index is 0.0206. The quantitative estimate of drug-likeness (QED) is 0.695. The van der Waals surface area contributed by atoms with Gasteiger partial charge in [-0.25, -0.2) is 8.78 Å². The Morgan fingerprint density at radius 2 is 1.86 bits per heavy atom. The highest BCUT2D eigenvalue weighted by Crippen LogP contribution is 2.31. The van der Waals surface area contributed by atoms with Crippen molar-refractivity contribution in [3.63, 3.8) is 0 Å². The Balaban J connectivity index is 1.55. The molecule has 0 saturated carbocycles. The predicted octanol–water partition coefficient (Wildman–Crippen LogP) is 4.01. The highest BCUT2D eigenvalue weighted by Gasteiger charge is 2.34. The molecule has 3 rings (SSSR count). The van der Waals surface area contributed by atoms with Gasteiger partial charge in [-0.1, -0.05) is 29.8 Å². The van der Waals surface area contributed by atoms with Gasteiger partial charge in [0, 0.05) is 23.7 Å². The molecule has 3 amide bonds. The summed E-state index contributed by atoms with van der Waals surface area (Å²) >= 11 is 6.66. The van der Waals surface area contributed by atoms with Crippen LogP contribution >= 0.6 is 23.4 Å². The molecule has 0 aliphatic carbocycles. The van der Waals surface area contributed by atoms with E-state index in [9.17, 15) is 23.2 Å². The number of carbonyl (C=O) groups is 3. The zero-order valence-corrected chi connectivity index (χ0v) is 16.5. The fourth-order valence-corrected chi connectivity index (χ4v) is 3.73. The molecule has 1 aliphatic rings. The molecule has 9 heteroatoms. The minimum Gasteiger partial charge on any atom is -0.354 e. The first-order valence-electron chi connectivity index (χ1n) is 8.55. The second kappa shape index (κ2) is 9.19. The van der Waals surface area contributed by atoms with Crippen LogP contribution in [0.3, 0.4) is 0 Å². The Kier molecular flexibility index (Phi) is 6.66. The van der Waals surface area contributed by atoms with Gasteiger partial charge in [-0.3, -0.25) is 19.3 Å². The summed E-state index contributed by atoms with van der Waals surface area (Å²) in [6.45, 7) is -0.00502. The van der Waals surface area contributed by atoms with Crippen molar-refractivity contribution < 1.29 is 23.2 Å². The smallest absolute Gasteiger partial charge is 0.293 e. The lowest BCUT2D eigenvalue weighted by Crippen LogP contribution is -2.37. The van der Waals surface area contributed by atoms with E-state index in [-0.39, 0.29) is 35.0 Å². The number of amides is 3. The number of thioether (sulfide) groups is 1. The molecule has 1 heterocycles. The Morgan fingerprint density at radius 3 is 2.55 bits per heavy atom. The molecule has 150 valence electrons. The maximum absolute atomic E-state index is 13.7. The Hall–Kier alpha value is -2.71. The summed E-state index contributed by atoms with van der Waals surface area (Å²) in [5, 5.41) is 2.23. The molecule has 0 spiro atoms. The number of hydrogen-bond acceptors (Lipinski definition) is 4. The number of rotatable bonds is 6. The van der Waals surface area contributed by atoms with Gasteiger partial charge in [0.05, 0.1) is 11.3 Å². The average Bonchev–Trinajstić information content (AvgIpc) is 2.94. The van der Waals surface area contributed by atoms with E-state index in [2.05, 4.69) is 5.32 Å². The third kappa shape index (κ3) is 5.21. The van der Waals surface area contributed by atoms with E-state index < -0.39 is 28.7 Å². The first-order valence-corrected chi connectivity index (χ1v) is 9.75. The second-order valence-corrected chi connectivity index (χ2v) is 7.51. The Bertz CT molecular complexity index is 975. The largest absolute Gasteiger partial charge is 0.354 e. The van der Waals surface area contributed by atoms with E-state index in [4.69, 9.17) is 11.6 Å². The molecule has 2 aromatic carbocycles. The van der Waals surface area contributed by atoms with Gasteiger partial charge in [0.2, 0.25) is 5.91 Å². The van der Waals surface area contributed by atoms with Crippen LogP contribution in [0.5, 0.6) is 0 Å². The minimum atomic E-state index is -0.579. The Morgan fingerprint density at radius 1 is 1.14 bits per heavy atom. The molecule has 0 radical (unpaired) electrons. The fraction of sp³-hybridized carbons (Fsp3) is 0.150. The summed E-state index contributed by atoms with van der Waals surface area (Å²) in [6, 6.07) is 9.65. The van der Waals surface area contributed by atoms with Crippen LogP contribution in [0.25, 0.3) is 6.08 Å². The lowest BCUT2D eigenvalue weighted by Gasteiger charge is -2.13. The topological polar surface area (TPSA) is 66.5 Å². The van der Waals surface area contributed by atoms with Crippen LogP contribution in [0.4, 0.5) is 13.6 Å². The maximum Gasteiger partial charge on any atom is 0.293 e. The van der Waals surface area contributed by atoms with Crippen molar-refractivity contribution in [2.45, 2.75) is 6.42 Å². The van der Waals surface area contributed by atoms with Crippen molar-refractivity contribution in [2.24, 2.45) is 0 Å². The number of imide groups is 1. The van der Waals surface area contributed by atoms with Crippen LogP contribution in [-0.4, -0.2) is 35.0 Å². The first kappa shape index (κ1) is 21.0. The highest BCUT2D eigenvalue weighted by atomic mass is 35.5. The van der Waals surface area contributed by atoms with Crippen molar-refractivity contribution in [3.8, 4) is 0 Å². The second-order valence-electron chi connectivity index (χ2n) is 6.11. The van der Waals surface area contributed by atoms with Crippen molar-refractivity contribution in [3.05, 3.63) is 75.2 Å². The fourth-order valence-electron chi connectivity index (χ4n) is 2.63. The maximum atomic E-state index is 13.7. The lowest BCUT2D eigenvalue weighted by atomic mass is 10.1. The number of nitrogens with one attached hydrogen (secondary N) is 1. The van der Waals surface area contributed by atoms with Gasteiger partial charge in [0.15, 0.2) is 0 Å². The Labute approximate surface area is 174 Å². The predicted molar refractivity (Wildman–Crippen MR) is 107 cm³/mol. The van der Waals surface area contributed by atoms with Crippen LogP contribution in [0.2, 0.25) is 5.02 Å². The molecule has 0 aromatic heterocycles. The van der Waals surface area contributed by atoms with E-state index in [1.165, 1.54) is 48.5 Å². The zero-order chi connectivity index (χ0) is 21.0. The summed E-state index contributed by atoms with van der Waals surface area (Å²) in [4.78, 5) is 37.7. The molecule has 1 fully saturated rings. The summed E-state index contributed by atoms with van der Waals surface area (Å²) in [7, 11) is 0. The molecule has 1 aliphatic heterocycles. The first-order chi connectivity index (χ1) is 13.8. The molecular formula is C20H15ClF2N2O3S. The third-order valence-electron chi connectivity index (χ3n) is 4.10. The van der Waals surface area contributed by atoms with Crippen molar-refractivity contribution >= 4 is 46.5 Å².